The third-order valence-electron chi connectivity index (χ3n) is 10.4. The Bertz CT molecular complexity index is 1280. The minimum atomic E-state index is -0.324. The smallest absolute Gasteiger partial charge is 0.140 e. The van der Waals surface area contributed by atoms with Crippen molar-refractivity contribution in [3.8, 4) is 12.3 Å². The van der Waals surface area contributed by atoms with Crippen LogP contribution in [0, 0.1) is 17.8 Å². The van der Waals surface area contributed by atoms with Crippen LogP contribution in [0.4, 0.5) is 0 Å². The van der Waals surface area contributed by atoms with E-state index in [4.69, 9.17) is 125 Å². The molecule has 0 amide bonds. The second-order valence-electron chi connectivity index (χ2n) is 18.4. The summed E-state index contributed by atoms with van der Waals surface area (Å²) in [5, 5.41) is 0. The maximum Gasteiger partial charge on any atom is 0.140 e. The van der Waals surface area contributed by atoms with Crippen molar-refractivity contribution in [1.82, 2.24) is 0 Å². The lowest BCUT2D eigenvalue weighted by Gasteiger charge is -2.16. The van der Waals surface area contributed by atoms with E-state index in [1.165, 1.54) is 0 Å². The van der Waals surface area contributed by atoms with E-state index in [1.54, 1.807) is 0 Å². The van der Waals surface area contributed by atoms with E-state index in [0.29, 0.717) is 337 Å². The summed E-state index contributed by atoms with van der Waals surface area (Å²) in [4.78, 5) is 11.8. The van der Waals surface area contributed by atoms with Crippen molar-refractivity contribution in [2.24, 2.45) is 5.41 Å². The lowest BCUT2D eigenvalue weighted by atomic mass is 9.89. The van der Waals surface area contributed by atoms with E-state index >= 15 is 0 Å². The average Bonchev–Trinajstić information content (AvgIpc) is 3.50. The molecule has 0 saturated heterocycles. The molecular weight excluding hydrogens is 1110 g/mol. The predicted octanol–water partition coefficient (Wildman–Crippen LogP) is 2.04. The van der Waals surface area contributed by atoms with Crippen molar-refractivity contribution < 1.29 is 123 Å². The summed E-state index contributed by atoms with van der Waals surface area (Å²) in [7, 11) is 0. The second-order valence-corrected chi connectivity index (χ2v) is 18.4. The highest BCUT2D eigenvalue weighted by atomic mass is 16.6. The Kier molecular flexibility index (Phi) is 72.1. The topological polar surface area (TPSA) is 248 Å². The van der Waals surface area contributed by atoms with Crippen LogP contribution in [0.1, 0.15) is 27.2 Å². The maximum absolute atomic E-state index is 11.8. The van der Waals surface area contributed by atoms with E-state index in [2.05, 4.69) is 5.92 Å². The summed E-state index contributed by atoms with van der Waals surface area (Å²) in [6, 6.07) is 0. The van der Waals surface area contributed by atoms with E-state index in [-0.39, 0.29) is 11.2 Å². The Labute approximate surface area is 503 Å². The predicted molar refractivity (Wildman–Crippen MR) is 308 cm³/mol. The number of rotatable bonds is 76. The molecule has 0 aliphatic carbocycles. The lowest BCUT2D eigenvalue weighted by molar-refractivity contribution is -0.127. The third kappa shape index (κ3) is 74.5. The average molecular weight is 1230 g/mol. The van der Waals surface area contributed by atoms with Crippen molar-refractivity contribution in [1.29, 1.82) is 0 Å². The molecule has 0 bridgehead atoms. The van der Waals surface area contributed by atoms with Crippen LogP contribution in [0.3, 0.4) is 0 Å². The molecule has 0 atom stereocenters. The molecule has 0 heterocycles. The molecule has 0 aromatic carbocycles. The Morgan fingerprint density at radius 1 is 0.214 bits per heavy atom. The minimum Gasteiger partial charge on any atom is -0.379 e. The molecule has 26 nitrogen and oxygen atoms in total. The lowest BCUT2D eigenvalue weighted by Crippen LogP contribution is -2.22. The Morgan fingerprint density at radius 3 is 0.429 bits per heavy atom. The minimum absolute atomic E-state index is 0.196. The first-order valence-electron chi connectivity index (χ1n) is 29.9. The summed E-state index contributed by atoms with van der Waals surface area (Å²) < 4.78 is 137. The number of ketones is 1. The van der Waals surface area contributed by atoms with Gasteiger partial charge < -0.3 is 118 Å². The molecule has 0 rings (SSSR count). The molecule has 0 radical (unpaired) electrons. The summed E-state index contributed by atoms with van der Waals surface area (Å²) in [6.45, 7) is 29.8. The first-order chi connectivity index (χ1) is 41.5. The summed E-state index contributed by atoms with van der Waals surface area (Å²) >= 11 is 0. The fraction of sp³-hybridized carbons (Fsp3) is 0.948. The molecule has 0 aromatic heterocycles. The highest BCUT2D eigenvalue weighted by Gasteiger charge is 2.20. The number of ether oxygens (including phenoxy) is 25. The van der Waals surface area contributed by atoms with Gasteiger partial charge in [0.15, 0.2) is 0 Å². The molecular formula is C58H112O26. The zero-order chi connectivity index (χ0) is 60.5. The number of carbonyl (C=O) groups excluding carboxylic acids is 1. The number of carbonyl (C=O) groups is 1. The Balaban J connectivity index is 3.10. The third-order valence-corrected chi connectivity index (χ3v) is 10.4. The molecule has 0 N–H and O–H groups in total. The van der Waals surface area contributed by atoms with Crippen LogP contribution in [0.25, 0.3) is 0 Å². The molecule has 0 saturated carbocycles. The second kappa shape index (κ2) is 73.7. The van der Waals surface area contributed by atoms with Crippen LogP contribution >= 0.6 is 0 Å². The maximum atomic E-state index is 11.8. The van der Waals surface area contributed by atoms with Gasteiger partial charge in [-0.3, -0.25) is 4.79 Å². The van der Waals surface area contributed by atoms with Crippen LogP contribution in [0.2, 0.25) is 0 Å². The van der Waals surface area contributed by atoms with Gasteiger partial charge in [0.2, 0.25) is 0 Å². The van der Waals surface area contributed by atoms with Gasteiger partial charge in [-0.15, -0.1) is 6.42 Å². The monoisotopic (exact) mass is 1220 g/mol. The quantitative estimate of drug-likeness (QED) is 0.0624. The molecule has 0 unspecified atom stereocenters. The summed E-state index contributed by atoms with van der Waals surface area (Å²) in [5.74, 6) is 2.60. The number of hydrogen-bond acceptors (Lipinski definition) is 26. The van der Waals surface area contributed by atoms with Gasteiger partial charge in [0, 0.05) is 11.8 Å². The van der Waals surface area contributed by atoms with Crippen LogP contribution in [-0.2, 0) is 123 Å². The SMILES string of the molecule is C#CCOCCOCCOCCOCCOCCOCCOCCOCCOCCOCCOCCOCCOCCOCCOCCOCCOCCOCCOCCOCCOCCOCCOCCOCCOCCC(=O)C(C)(C)C. The normalized spacial score (nSPS) is 11.8. The largest absolute Gasteiger partial charge is 0.379 e. The van der Waals surface area contributed by atoms with Crippen LogP contribution < -0.4 is 0 Å². The van der Waals surface area contributed by atoms with Crippen LogP contribution in [0.5, 0.6) is 0 Å². The molecule has 0 aromatic rings. The summed E-state index contributed by atoms with van der Waals surface area (Å²) in [6.07, 6.45) is 5.52. The molecule has 0 spiro atoms. The van der Waals surface area contributed by atoms with Gasteiger partial charge in [-0.25, -0.2) is 0 Å². The van der Waals surface area contributed by atoms with Crippen molar-refractivity contribution >= 4 is 5.78 Å². The van der Waals surface area contributed by atoms with Crippen molar-refractivity contribution in [2.45, 2.75) is 27.2 Å². The van der Waals surface area contributed by atoms with Gasteiger partial charge in [0.25, 0.3) is 0 Å². The zero-order valence-electron chi connectivity index (χ0n) is 51.8. The zero-order valence-corrected chi connectivity index (χ0v) is 51.8. The van der Waals surface area contributed by atoms with Gasteiger partial charge in [-0.1, -0.05) is 26.7 Å². The van der Waals surface area contributed by atoms with Crippen molar-refractivity contribution in [3.63, 3.8) is 0 Å². The number of hydrogen-bond donors (Lipinski definition) is 0. The first kappa shape index (κ1) is 82.2. The molecule has 0 aliphatic heterocycles. The molecule has 84 heavy (non-hydrogen) atoms. The first-order valence-corrected chi connectivity index (χ1v) is 29.9. The highest BCUT2D eigenvalue weighted by Crippen LogP contribution is 2.16. The molecule has 0 fully saturated rings. The van der Waals surface area contributed by atoms with Gasteiger partial charge in [0.05, 0.1) is 324 Å². The molecule has 0 aliphatic rings. The molecule has 500 valence electrons. The van der Waals surface area contributed by atoms with E-state index in [0.717, 1.165) is 0 Å². The van der Waals surface area contributed by atoms with Crippen molar-refractivity contribution in [2.75, 3.05) is 330 Å². The van der Waals surface area contributed by atoms with Gasteiger partial charge >= 0.3 is 0 Å². The number of terminal acetylenes is 1. The Hall–Kier alpha value is -1.77. The fourth-order valence-electron chi connectivity index (χ4n) is 5.95. The van der Waals surface area contributed by atoms with Gasteiger partial charge in [-0.05, 0) is 0 Å². The van der Waals surface area contributed by atoms with Crippen LogP contribution in [-0.4, -0.2) is 336 Å². The van der Waals surface area contributed by atoms with Gasteiger partial charge in [-0.2, -0.15) is 0 Å². The highest BCUT2D eigenvalue weighted by molar-refractivity contribution is 5.83. The van der Waals surface area contributed by atoms with Gasteiger partial charge in [0.1, 0.15) is 12.4 Å². The van der Waals surface area contributed by atoms with Crippen molar-refractivity contribution in [3.05, 3.63) is 0 Å². The van der Waals surface area contributed by atoms with E-state index in [1.807, 2.05) is 20.8 Å². The molecule has 26 heteroatoms. The van der Waals surface area contributed by atoms with Crippen LogP contribution in [0.15, 0.2) is 0 Å². The van der Waals surface area contributed by atoms with E-state index < -0.39 is 0 Å². The summed E-state index contributed by atoms with van der Waals surface area (Å²) in [5.41, 5.74) is -0.324. The van der Waals surface area contributed by atoms with E-state index in [9.17, 15) is 4.79 Å². The fourth-order valence-corrected chi connectivity index (χ4v) is 5.95. The Morgan fingerprint density at radius 2 is 0.321 bits per heavy atom. The standard InChI is InChI=1S/C58H112O26/c1-5-7-60-9-11-62-13-15-64-17-19-66-21-23-68-25-27-70-29-31-72-33-35-74-37-39-76-41-43-78-45-47-80-49-51-82-53-55-84-56-54-83-52-50-81-48-46-79-44-42-77-40-38-75-36-34-73-32-30-71-28-26-69-24-22-67-20-18-65-16-14-63-12-10-61-8-6-57(59)58(2,3)4/h1H,6-56H2,2-4H3. The number of Topliss-reactive ketones (excluding diaryl/α,β-unsaturated/α-hetero) is 1.